The normalized spacial score (nSPS) is 16.0. The smallest absolute Gasteiger partial charge is 0.408 e. The second-order valence-electron chi connectivity index (χ2n) is 7.73. The molecule has 26 heavy (non-hydrogen) atoms. The van der Waals surface area contributed by atoms with Crippen molar-refractivity contribution in [3.63, 3.8) is 0 Å². The third-order valence-corrected chi connectivity index (χ3v) is 4.65. The Kier molecular flexibility index (Phi) is 4.39. The number of carbonyl (C=O) groups excluding carboxylic acids is 2. The van der Waals surface area contributed by atoms with Crippen molar-refractivity contribution in [2.24, 2.45) is 12.9 Å². The fourth-order valence-electron chi connectivity index (χ4n) is 3.28. The van der Waals surface area contributed by atoms with Crippen molar-refractivity contribution >= 4 is 23.0 Å². The van der Waals surface area contributed by atoms with Gasteiger partial charge in [-0.05, 0) is 58.2 Å². The average molecular weight is 359 g/mol. The molecule has 140 valence electrons. The third kappa shape index (κ3) is 3.24. The zero-order chi connectivity index (χ0) is 19.1. The molecule has 0 radical (unpaired) electrons. The Morgan fingerprint density at radius 1 is 1.31 bits per heavy atom. The lowest BCUT2D eigenvalue weighted by Gasteiger charge is -2.41. The highest BCUT2D eigenvalue weighted by molar-refractivity contribution is 5.97. The van der Waals surface area contributed by atoms with Gasteiger partial charge in [-0.15, -0.1) is 0 Å². The first-order valence-electron chi connectivity index (χ1n) is 8.64. The second-order valence-corrected chi connectivity index (χ2v) is 7.73. The van der Waals surface area contributed by atoms with Gasteiger partial charge >= 0.3 is 6.09 Å². The number of nitrogens with zero attached hydrogens (tertiary/aromatic N) is 2. The number of fused-ring (bicyclic) bond motifs is 1. The first-order chi connectivity index (χ1) is 12.1. The van der Waals surface area contributed by atoms with Gasteiger partial charge < -0.3 is 14.6 Å². The SMILES string of the molecule is Cn1c(C2(NC(=O)OC(C)(C)C)CCC2)nc2ccc(C(=O)NN)cc21. The maximum atomic E-state index is 12.3. The lowest BCUT2D eigenvalue weighted by Crippen LogP contribution is -2.53. The molecule has 1 heterocycles. The first-order valence-corrected chi connectivity index (χ1v) is 8.64. The van der Waals surface area contributed by atoms with E-state index in [1.807, 2.05) is 32.4 Å². The summed E-state index contributed by atoms with van der Waals surface area (Å²) in [6.07, 6.45) is 2.13. The van der Waals surface area contributed by atoms with Crippen molar-refractivity contribution in [3.05, 3.63) is 29.6 Å². The van der Waals surface area contributed by atoms with Crippen molar-refractivity contribution in [2.75, 3.05) is 0 Å². The maximum Gasteiger partial charge on any atom is 0.408 e. The van der Waals surface area contributed by atoms with Crippen LogP contribution in [0.2, 0.25) is 0 Å². The number of aryl methyl sites for hydroxylation is 1. The highest BCUT2D eigenvalue weighted by Gasteiger charge is 2.44. The van der Waals surface area contributed by atoms with E-state index >= 15 is 0 Å². The minimum absolute atomic E-state index is 0.361. The van der Waals surface area contributed by atoms with Crippen LogP contribution in [0.4, 0.5) is 4.79 Å². The molecule has 0 spiro atoms. The molecule has 3 rings (SSSR count). The maximum absolute atomic E-state index is 12.3. The number of hydrogen-bond acceptors (Lipinski definition) is 5. The van der Waals surface area contributed by atoms with Crippen molar-refractivity contribution in [2.45, 2.75) is 51.2 Å². The Balaban J connectivity index is 1.96. The standard InChI is InChI=1S/C18H25N5O3/c1-17(2,3)26-16(25)21-18(8-5-9-18)15-20-12-7-6-11(14(24)22-19)10-13(12)23(15)4/h6-7,10H,5,8-9,19H2,1-4H3,(H,21,25)(H,22,24). The quantitative estimate of drug-likeness (QED) is 0.441. The highest BCUT2D eigenvalue weighted by atomic mass is 16.6. The van der Waals surface area contributed by atoms with Gasteiger partial charge in [-0.2, -0.15) is 0 Å². The molecule has 1 aromatic carbocycles. The Bertz CT molecular complexity index is 862. The van der Waals surface area contributed by atoms with E-state index in [0.29, 0.717) is 5.56 Å². The van der Waals surface area contributed by atoms with Gasteiger partial charge in [0.05, 0.1) is 11.0 Å². The van der Waals surface area contributed by atoms with Gasteiger partial charge in [-0.25, -0.2) is 15.6 Å². The molecule has 8 heteroatoms. The van der Waals surface area contributed by atoms with Gasteiger partial charge in [0.25, 0.3) is 5.91 Å². The lowest BCUT2D eigenvalue weighted by atomic mass is 9.76. The molecule has 1 saturated carbocycles. The van der Waals surface area contributed by atoms with Gasteiger partial charge in [0, 0.05) is 12.6 Å². The van der Waals surface area contributed by atoms with Crippen LogP contribution in [0.5, 0.6) is 0 Å². The van der Waals surface area contributed by atoms with E-state index in [9.17, 15) is 9.59 Å². The van der Waals surface area contributed by atoms with Crippen LogP contribution in [-0.4, -0.2) is 27.2 Å². The Morgan fingerprint density at radius 2 is 2.00 bits per heavy atom. The minimum atomic E-state index is -0.564. The molecule has 0 saturated heterocycles. The average Bonchev–Trinajstić information content (AvgIpc) is 2.85. The number of aromatic nitrogens is 2. The predicted molar refractivity (Wildman–Crippen MR) is 97.3 cm³/mol. The van der Waals surface area contributed by atoms with Crippen LogP contribution >= 0.6 is 0 Å². The van der Waals surface area contributed by atoms with Gasteiger partial charge in [0.15, 0.2) is 0 Å². The molecule has 1 aromatic heterocycles. The van der Waals surface area contributed by atoms with Crippen molar-refractivity contribution < 1.29 is 14.3 Å². The molecule has 1 fully saturated rings. The molecule has 2 aromatic rings. The topological polar surface area (TPSA) is 111 Å². The molecular formula is C18H25N5O3. The molecule has 0 atom stereocenters. The Labute approximate surface area is 152 Å². The number of amides is 2. The molecule has 1 aliphatic rings. The Morgan fingerprint density at radius 3 is 2.54 bits per heavy atom. The van der Waals surface area contributed by atoms with E-state index < -0.39 is 17.2 Å². The molecule has 0 bridgehead atoms. The summed E-state index contributed by atoms with van der Waals surface area (Å²) in [5, 5.41) is 3.01. The van der Waals surface area contributed by atoms with Crippen LogP contribution in [0.1, 0.15) is 56.2 Å². The van der Waals surface area contributed by atoms with E-state index in [2.05, 4.69) is 10.7 Å². The molecule has 2 amide bonds. The highest BCUT2D eigenvalue weighted by Crippen LogP contribution is 2.41. The van der Waals surface area contributed by atoms with E-state index in [-0.39, 0.29) is 5.91 Å². The number of nitrogens with one attached hydrogen (secondary N) is 2. The zero-order valence-electron chi connectivity index (χ0n) is 15.5. The summed E-state index contributed by atoms with van der Waals surface area (Å²) in [7, 11) is 1.88. The summed E-state index contributed by atoms with van der Waals surface area (Å²) in [5.41, 5.74) is 3.04. The largest absolute Gasteiger partial charge is 0.444 e. The predicted octanol–water partition coefficient (Wildman–Crippen LogP) is 2.08. The lowest BCUT2D eigenvalue weighted by molar-refractivity contribution is 0.0361. The number of nitrogen functional groups attached to an aromatic ring is 1. The summed E-state index contributed by atoms with van der Waals surface area (Å²) in [6, 6.07) is 5.20. The number of hydrogen-bond donors (Lipinski definition) is 3. The van der Waals surface area contributed by atoms with Gasteiger partial charge in [-0.3, -0.25) is 10.2 Å². The van der Waals surface area contributed by atoms with E-state index in [1.54, 1.807) is 18.2 Å². The summed E-state index contributed by atoms with van der Waals surface area (Å²) in [4.78, 5) is 28.8. The van der Waals surface area contributed by atoms with Crippen molar-refractivity contribution in [3.8, 4) is 0 Å². The first kappa shape index (κ1) is 18.2. The number of alkyl carbamates (subject to hydrolysis) is 1. The fraction of sp³-hybridized carbons (Fsp3) is 0.500. The van der Waals surface area contributed by atoms with Gasteiger partial charge in [-0.1, -0.05) is 0 Å². The number of ether oxygens (including phenoxy) is 1. The fourth-order valence-corrected chi connectivity index (χ4v) is 3.28. The Hall–Kier alpha value is -2.61. The number of carbonyl (C=O) groups is 2. The van der Waals surface area contributed by atoms with Crippen molar-refractivity contribution in [1.82, 2.24) is 20.3 Å². The number of imidazole rings is 1. The number of benzene rings is 1. The molecule has 0 aliphatic heterocycles. The van der Waals surface area contributed by atoms with Crippen molar-refractivity contribution in [1.29, 1.82) is 0 Å². The molecule has 1 aliphatic carbocycles. The third-order valence-electron chi connectivity index (χ3n) is 4.65. The summed E-state index contributed by atoms with van der Waals surface area (Å²) < 4.78 is 7.33. The monoisotopic (exact) mass is 359 g/mol. The summed E-state index contributed by atoms with van der Waals surface area (Å²) >= 11 is 0. The van der Waals surface area contributed by atoms with E-state index in [4.69, 9.17) is 15.6 Å². The summed E-state index contributed by atoms with van der Waals surface area (Å²) in [6.45, 7) is 5.50. The minimum Gasteiger partial charge on any atom is -0.444 e. The molecular weight excluding hydrogens is 334 g/mol. The van der Waals surface area contributed by atoms with Crippen LogP contribution in [0.25, 0.3) is 11.0 Å². The molecule has 4 N–H and O–H groups in total. The van der Waals surface area contributed by atoms with Crippen LogP contribution in [0, 0.1) is 0 Å². The molecule has 8 nitrogen and oxygen atoms in total. The molecule has 0 unspecified atom stereocenters. The van der Waals surface area contributed by atoms with Crippen LogP contribution < -0.4 is 16.6 Å². The van der Waals surface area contributed by atoms with Gasteiger partial charge in [0.1, 0.15) is 17.0 Å². The van der Waals surface area contributed by atoms with Gasteiger partial charge in [0.2, 0.25) is 0 Å². The van der Waals surface area contributed by atoms with Crippen LogP contribution in [-0.2, 0) is 17.3 Å². The zero-order valence-corrected chi connectivity index (χ0v) is 15.5. The second kappa shape index (κ2) is 6.28. The number of rotatable bonds is 3. The number of nitrogens with two attached hydrogens (primary N) is 1. The van der Waals surface area contributed by atoms with Crippen LogP contribution in [0.15, 0.2) is 18.2 Å². The number of hydrazine groups is 1. The van der Waals surface area contributed by atoms with E-state index in [0.717, 1.165) is 36.1 Å². The summed E-state index contributed by atoms with van der Waals surface area (Å²) in [5.74, 6) is 5.61. The van der Waals surface area contributed by atoms with E-state index in [1.165, 1.54) is 0 Å². The van der Waals surface area contributed by atoms with Crippen LogP contribution in [0.3, 0.4) is 0 Å².